The Bertz CT molecular complexity index is 512. The van der Waals surface area contributed by atoms with Crippen LogP contribution in [-0.4, -0.2) is 18.0 Å². The molecule has 2 nitrogen and oxygen atoms in total. The van der Waals surface area contributed by atoms with Gasteiger partial charge in [0.05, 0.1) is 9.83 Å². The van der Waals surface area contributed by atoms with E-state index >= 15 is 0 Å². The van der Waals surface area contributed by atoms with Gasteiger partial charge in [0, 0.05) is 18.0 Å². The molecule has 0 saturated heterocycles. The van der Waals surface area contributed by atoms with Crippen LogP contribution in [0.4, 0.5) is 0 Å². The second kappa shape index (κ2) is 7.93. The van der Waals surface area contributed by atoms with Crippen molar-refractivity contribution in [2.24, 2.45) is 5.73 Å². The Labute approximate surface area is 133 Å². The maximum absolute atomic E-state index is 6.05. The molecule has 0 saturated carbocycles. The van der Waals surface area contributed by atoms with Gasteiger partial charge >= 0.3 is 0 Å². The molecule has 4 heteroatoms. The molecule has 0 aliphatic rings. The van der Waals surface area contributed by atoms with Crippen LogP contribution in [0.25, 0.3) is 0 Å². The molecule has 0 spiro atoms. The lowest BCUT2D eigenvalue weighted by atomic mass is 10.1. The van der Waals surface area contributed by atoms with E-state index in [2.05, 4.69) is 70.2 Å². The molecule has 2 N–H and O–H groups in total. The van der Waals surface area contributed by atoms with Crippen molar-refractivity contribution >= 4 is 27.3 Å². The van der Waals surface area contributed by atoms with E-state index in [1.165, 1.54) is 14.2 Å². The van der Waals surface area contributed by atoms with Crippen molar-refractivity contribution < 1.29 is 0 Å². The predicted octanol–water partition coefficient (Wildman–Crippen LogP) is 4.42. The van der Waals surface area contributed by atoms with Crippen LogP contribution in [0.5, 0.6) is 0 Å². The van der Waals surface area contributed by atoms with E-state index in [1.807, 2.05) is 0 Å². The maximum atomic E-state index is 6.05. The molecule has 1 heterocycles. The molecule has 2 aromatic rings. The molecule has 0 bridgehead atoms. The Hall–Kier alpha value is -0.680. The summed E-state index contributed by atoms with van der Waals surface area (Å²) in [6, 6.07) is 15.2. The average molecular weight is 353 g/mol. The van der Waals surface area contributed by atoms with Gasteiger partial charge in [0.1, 0.15) is 0 Å². The summed E-state index contributed by atoms with van der Waals surface area (Å²) in [6.45, 7) is 4.88. The Morgan fingerprint density at radius 1 is 1.20 bits per heavy atom. The lowest BCUT2D eigenvalue weighted by Gasteiger charge is -2.30. The molecule has 1 atom stereocenters. The van der Waals surface area contributed by atoms with Gasteiger partial charge in [0.15, 0.2) is 0 Å². The molecule has 1 aromatic heterocycles. The molecule has 108 valence electrons. The number of benzene rings is 1. The van der Waals surface area contributed by atoms with Crippen molar-refractivity contribution in [1.29, 1.82) is 0 Å². The lowest BCUT2D eigenvalue weighted by Crippen LogP contribution is -2.33. The first-order valence-corrected chi connectivity index (χ1v) is 8.58. The quantitative estimate of drug-likeness (QED) is 0.798. The van der Waals surface area contributed by atoms with E-state index in [0.717, 1.165) is 19.5 Å². The number of halogens is 1. The molecular formula is C16H21BrN2S. The first-order valence-electron chi connectivity index (χ1n) is 6.98. The van der Waals surface area contributed by atoms with Crippen molar-refractivity contribution in [2.75, 3.05) is 13.1 Å². The van der Waals surface area contributed by atoms with E-state index in [4.69, 9.17) is 5.73 Å². The standard InChI is InChI=1S/C16H21BrN2S/c1-2-10-19(12-13-6-4-3-5-7-13)14(11-18)15-8-9-16(17)20-15/h3-9,14H,2,10-12,18H2,1H3. The van der Waals surface area contributed by atoms with Crippen molar-refractivity contribution in [3.05, 3.63) is 56.7 Å². The zero-order valence-electron chi connectivity index (χ0n) is 11.8. The van der Waals surface area contributed by atoms with Crippen LogP contribution in [-0.2, 0) is 6.54 Å². The number of hydrogen-bond donors (Lipinski definition) is 1. The van der Waals surface area contributed by atoms with Crippen LogP contribution < -0.4 is 5.73 Å². The number of thiophene rings is 1. The Kier molecular flexibility index (Phi) is 6.23. The molecular weight excluding hydrogens is 332 g/mol. The SMILES string of the molecule is CCCN(Cc1ccccc1)C(CN)c1ccc(Br)s1. The zero-order chi connectivity index (χ0) is 14.4. The fraction of sp³-hybridized carbons (Fsp3) is 0.375. The minimum absolute atomic E-state index is 0.298. The first-order chi connectivity index (χ1) is 9.74. The summed E-state index contributed by atoms with van der Waals surface area (Å²) in [7, 11) is 0. The van der Waals surface area contributed by atoms with Crippen molar-refractivity contribution in [2.45, 2.75) is 25.9 Å². The highest BCUT2D eigenvalue weighted by Gasteiger charge is 2.20. The van der Waals surface area contributed by atoms with Gasteiger partial charge in [-0.3, -0.25) is 4.90 Å². The highest BCUT2D eigenvalue weighted by atomic mass is 79.9. The summed E-state index contributed by atoms with van der Waals surface area (Å²) in [5.74, 6) is 0. The fourth-order valence-corrected chi connectivity index (χ4v) is 3.97. The summed E-state index contributed by atoms with van der Waals surface area (Å²) in [4.78, 5) is 3.82. The van der Waals surface area contributed by atoms with Gasteiger partial charge in [0.2, 0.25) is 0 Å². The molecule has 0 aliphatic carbocycles. The summed E-state index contributed by atoms with van der Waals surface area (Å²) in [5.41, 5.74) is 7.39. The monoisotopic (exact) mass is 352 g/mol. The minimum atomic E-state index is 0.298. The molecule has 0 fully saturated rings. The maximum Gasteiger partial charge on any atom is 0.0702 e. The van der Waals surface area contributed by atoms with Crippen molar-refractivity contribution in [3.63, 3.8) is 0 Å². The third-order valence-corrected chi connectivity index (χ3v) is 5.05. The molecule has 0 aliphatic heterocycles. The minimum Gasteiger partial charge on any atom is -0.329 e. The van der Waals surface area contributed by atoms with Gasteiger partial charge in [0.25, 0.3) is 0 Å². The van der Waals surface area contributed by atoms with E-state index in [9.17, 15) is 0 Å². The lowest BCUT2D eigenvalue weighted by molar-refractivity contribution is 0.195. The molecule has 2 rings (SSSR count). The molecule has 0 amide bonds. The second-order valence-electron chi connectivity index (χ2n) is 4.85. The first kappa shape index (κ1) is 15.7. The van der Waals surface area contributed by atoms with E-state index in [-0.39, 0.29) is 0 Å². The van der Waals surface area contributed by atoms with Crippen LogP contribution >= 0.6 is 27.3 Å². The van der Waals surface area contributed by atoms with Gasteiger partial charge < -0.3 is 5.73 Å². The van der Waals surface area contributed by atoms with Gasteiger partial charge in [-0.05, 0) is 46.6 Å². The van der Waals surface area contributed by atoms with Crippen LogP contribution in [0.1, 0.15) is 29.8 Å². The summed E-state index contributed by atoms with van der Waals surface area (Å²) < 4.78 is 1.17. The van der Waals surface area contributed by atoms with Crippen LogP contribution in [0, 0.1) is 0 Å². The predicted molar refractivity (Wildman–Crippen MR) is 91.0 cm³/mol. The molecule has 1 unspecified atom stereocenters. The normalized spacial score (nSPS) is 12.8. The van der Waals surface area contributed by atoms with E-state index in [0.29, 0.717) is 12.6 Å². The molecule has 20 heavy (non-hydrogen) atoms. The summed E-state index contributed by atoms with van der Waals surface area (Å²) in [5, 5.41) is 0. The highest BCUT2D eigenvalue weighted by Crippen LogP contribution is 2.31. The number of hydrogen-bond acceptors (Lipinski definition) is 3. The Morgan fingerprint density at radius 2 is 1.95 bits per heavy atom. The number of nitrogens with zero attached hydrogens (tertiary/aromatic N) is 1. The summed E-state index contributed by atoms with van der Waals surface area (Å²) in [6.07, 6.45) is 1.13. The van der Waals surface area contributed by atoms with Crippen LogP contribution in [0.2, 0.25) is 0 Å². The van der Waals surface area contributed by atoms with E-state index < -0.39 is 0 Å². The van der Waals surface area contributed by atoms with Crippen molar-refractivity contribution in [3.8, 4) is 0 Å². The van der Waals surface area contributed by atoms with Crippen LogP contribution in [0.15, 0.2) is 46.3 Å². The van der Waals surface area contributed by atoms with E-state index in [1.54, 1.807) is 11.3 Å². The van der Waals surface area contributed by atoms with Gasteiger partial charge in [-0.15, -0.1) is 11.3 Å². The summed E-state index contributed by atoms with van der Waals surface area (Å²) >= 11 is 5.32. The zero-order valence-corrected chi connectivity index (χ0v) is 14.2. The average Bonchev–Trinajstić information content (AvgIpc) is 2.87. The van der Waals surface area contributed by atoms with Gasteiger partial charge in [-0.2, -0.15) is 0 Å². The third-order valence-electron chi connectivity index (χ3n) is 3.33. The fourth-order valence-electron chi connectivity index (χ4n) is 2.40. The van der Waals surface area contributed by atoms with Gasteiger partial charge in [-0.25, -0.2) is 0 Å². The largest absolute Gasteiger partial charge is 0.329 e. The topological polar surface area (TPSA) is 29.3 Å². The Balaban J connectivity index is 2.17. The van der Waals surface area contributed by atoms with Gasteiger partial charge in [-0.1, -0.05) is 37.3 Å². The number of rotatable bonds is 7. The Morgan fingerprint density at radius 3 is 2.50 bits per heavy atom. The molecule has 0 radical (unpaired) electrons. The second-order valence-corrected chi connectivity index (χ2v) is 7.34. The van der Waals surface area contributed by atoms with Crippen molar-refractivity contribution in [1.82, 2.24) is 4.90 Å². The highest BCUT2D eigenvalue weighted by molar-refractivity contribution is 9.11. The number of nitrogens with two attached hydrogens (primary N) is 1. The van der Waals surface area contributed by atoms with Crippen LogP contribution in [0.3, 0.4) is 0 Å². The molecule has 1 aromatic carbocycles. The smallest absolute Gasteiger partial charge is 0.0702 e. The third kappa shape index (κ3) is 4.16.